The number of hydrogen-bond acceptors (Lipinski definition) is 3. The van der Waals surface area contributed by atoms with Crippen LogP contribution in [0.5, 0.6) is 0 Å². The van der Waals surface area contributed by atoms with Gasteiger partial charge in [-0.1, -0.05) is 0 Å². The van der Waals surface area contributed by atoms with Crippen LogP contribution in [-0.4, -0.2) is 16.7 Å². The van der Waals surface area contributed by atoms with Gasteiger partial charge in [0.25, 0.3) is 0 Å². The minimum absolute atomic E-state index is 0.295. The summed E-state index contributed by atoms with van der Waals surface area (Å²) in [6.07, 6.45) is 0.972. The van der Waals surface area contributed by atoms with Gasteiger partial charge in [-0.2, -0.15) is 0 Å². The Morgan fingerprint density at radius 3 is 2.13 bits per heavy atom. The minimum Gasteiger partial charge on any atom is -0.504 e. The van der Waals surface area contributed by atoms with Crippen molar-refractivity contribution in [1.29, 1.82) is 0 Å². The van der Waals surface area contributed by atoms with Crippen LogP contribution in [0, 0.1) is 13.8 Å². The molecular formula is C12H10O3. The van der Waals surface area contributed by atoms with Gasteiger partial charge in [0.15, 0.2) is 11.5 Å². The maximum absolute atomic E-state index is 11.6. The number of carbonyl (C=O) groups excluding carboxylic acids is 2. The molecule has 3 nitrogen and oxygen atoms in total. The van der Waals surface area contributed by atoms with Crippen LogP contribution in [0.2, 0.25) is 0 Å². The van der Waals surface area contributed by atoms with Crippen LogP contribution in [0.25, 0.3) is 0 Å². The lowest BCUT2D eigenvalue weighted by Crippen LogP contribution is -2.17. The van der Waals surface area contributed by atoms with Crippen LogP contribution in [0.1, 0.15) is 31.8 Å². The van der Waals surface area contributed by atoms with E-state index >= 15 is 0 Å². The molecule has 3 heteroatoms. The summed E-state index contributed by atoms with van der Waals surface area (Å²) in [5.41, 5.74) is 2.57. The second-order valence-corrected chi connectivity index (χ2v) is 3.71. The van der Waals surface area contributed by atoms with Crippen LogP contribution in [0.4, 0.5) is 0 Å². The summed E-state index contributed by atoms with van der Waals surface area (Å²) in [6, 6.07) is 3.34. The molecule has 2 rings (SSSR count). The molecule has 1 aliphatic rings. The molecule has 0 saturated heterocycles. The number of fused-ring (bicyclic) bond motifs is 1. The number of aryl methyl sites for hydroxylation is 2. The van der Waals surface area contributed by atoms with Gasteiger partial charge in [-0.05, 0) is 37.1 Å². The van der Waals surface area contributed by atoms with Crippen LogP contribution in [-0.2, 0) is 0 Å². The number of allylic oxidation sites excluding steroid dienone is 2. The highest BCUT2D eigenvalue weighted by Crippen LogP contribution is 2.23. The summed E-state index contributed by atoms with van der Waals surface area (Å²) in [5.74, 6) is -1.27. The first-order valence-corrected chi connectivity index (χ1v) is 4.61. The van der Waals surface area contributed by atoms with Crippen LogP contribution in [0.15, 0.2) is 24.0 Å². The molecule has 76 valence electrons. The monoisotopic (exact) mass is 202 g/mol. The number of aliphatic hydroxyl groups is 1. The summed E-state index contributed by atoms with van der Waals surface area (Å²) in [7, 11) is 0. The maximum atomic E-state index is 11.6. The Kier molecular flexibility index (Phi) is 1.96. The molecule has 15 heavy (non-hydrogen) atoms. The van der Waals surface area contributed by atoms with Gasteiger partial charge in [0.2, 0.25) is 5.78 Å². The first-order valence-electron chi connectivity index (χ1n) is 4.61. The fourth-order valence-electron chi connectivity index (χ4n) is 1.61. The third-order valence-corrected chi connectivity index (χ3v) is 2.64. The van der Waals surface area contributed by atoms with Crippen LogP contribution >= 0.6 is 0 Å². The average molecular weight is 202 g/mol. The van der Waals surface area contributed by atoms with Crippen LogP contribution in [0.3, 0.4) is 0 Å². The Labute approximate surface area is 87.0 Å². The molecule has 0 bridgehead atoms. The van der Waals surface area contributed by atoms with Crippen molar-refractivity contribution >= 4 is 11.6 Å². The van der Waals surface area contributed by atoms with E-state index in [2.05, 4.69) is 0 Å². The first-order chi connectivity index (χ1) is 7.00. The van der Waals surface area contributed by atoms with Crippen molar-refractivity contribution < 1.29 is 14.7 Å². The van der Waals surface area contributed by atoms with Crippen molar-refractivity contribution in [3.8, 4) is 0 Å². The van der Waals surface area contributed by atoms with E-state index < -0.39 is 11.5 Å². The van der Waals surface area contributed by atoms with Gasteiger partial charge >= 0.3 is 0 Å². The molecule has 0 aromatic heterocycles. The smallest absolute Gasteiger partial charge is 0.228 e. The minimum atomic E-state index is -0.479. The predicted octanol–water partition coefficient (Wildman–Crippen LogP) is 2.12. The molecule has 1 aromatic rings. The molecule has 0 aliphatic heterocycles. The number of hydrogen-bond donors (Lipinski definition) is 1. The van der Waals surface area contributed by atoms with Crippen molar-refractivity contribution in [2.24, 2.45) is 0 Å². The lowest BCUT2D eigenvalue weighted by molar-refractivity contribution is 0.0939. The van der Waals surface area contributed by atoms with E-state index in [1.54, 1.807) is 12.1 Å². The topological polar surface area (TPSA) is 54.4 Å². The molecular weight excluding hydrogens is 192 g/mol. The number of Topliss-reactive ketones (excluding diaryl/α,β-unsaturated/α-hetero) is 1. The molecule has 0 fully saturated rings. The Morgan fingerprint density at radius 1 is 1.00 bits per heavy atom. The van der Waals surface area contributed by atoms with E-state index in [9.17, 15) is 14.7 Å². The van der Waals surface area contributed by atoms with E-state index in [4.69, 9.17) is 0 Å². The number of rotatable bonds is 0. The molecule has 0 spiro atoms. The second-order valence-electron chi connectivity index (χ2n) is 3.71. The number of benzene rings is 1. The molecule has 0 atom stereocenters. The average Bonchev–Trinajstić information content (AvgIpc) is 2.18. The van der Waals surface area contributed by atoms with Gasteiger partial charge in [0.05, 0.1) is 0 Å². The molecule has 0 amide bonds. The van der Waals surface area contributed by atoms with Crippen molar-refractivity contribution in [3.63, 3.8) is 0 Å². The fraction of sp³-hybridized carbons (Fsp3) is 0.167. The molecule has 1 aliphatic carbocycles. The highest BCUT2D eigenvalue weighted by atomic mass is 16.3. The highest BCUT2D eigenvalue weighted by molar-refractivity contribution is 6.23. The molecule has 0 heterocycles. The normalized spacial score (nSPS) is 14.9. The van der Waals surface area contributed by atoms with Gasteiger partial charge < -0.3 is 5.11 Å². The number of aliphatic hydroxyl groups excluding tert-OH is 1. The summed E-state index contributed by atoms with van der Waals surface area (Å²) in [6.45, 7) is 3.74. The largest absolute Gasteiger partial charge is 0.504 e. The molecule has 0 radical (unpaired) electrons. The standard InChI is InChI=1S/C12H10O3/c1-6-3-8-9(4-7(6)2)12(15)11(14)5-10(8)13/h3-5,14H,1-2H3. The van der Waals surface area contributed by atoms with E-state index in [1.807, 2.05) is 13.8 Å². The SMILES string of the molecule is Cc1cc2c(cc1C)C(=O)C(O)=CC2=O. The van der Waals surface area contributed by atoms with Gasteiger partial charge in [0, 0.05) is 17.2 Å². The number of carbonyl (C=O) groups is 2. The van der Waals surface area contributed by atoms with Crippen molar-refractivity contribution in [2.45, 2.75) is 13.8 Å². The Morgan fingerprint density at radius 2 is 1.53 bits per heavy atom. The summed E-state index contributed by atoms with van der Waals surface area (Å²) < 4.78 is 0. The third-order valence-electron chi connectivity index (χ3n) is 2.64. The molecule has 0 unspecified atom stereocenters. The zero-order valence-electron chi connectivity index (χ0n) is 8.50. The Bertz CT molecular complexity index is 510. The predicted molar refractivity (Wildman–Crippen MR) is 55.3 cm³/mol. The summed E-state index contributed by atoms with van der Waals surface area (Å²) in [4.78, 5) is 23.1. The third kappa shape index (κ3) is 1.36. The second kappa shape index (κ2) is 3.05. The van der Waals surface area contributed by atoms with E-state index in [1.165, 1.54) is 0 Å². The van der Waals surface area contributed by atoms with E-state index in [0.717, 1.165) is 17.2 Å². The molecule has 0 saturated carbocycles. The van der Waals surface area contributed by atoms with Crippen molar-refractivity contribution in [2.75, 3.05) is 0 Å². The summed E-state index contributed by atoms with van der Waals surface area (Å²) >= 11 is 0. The summed E-state index contributed by atoms with van der Waals surface area (Å²) in [5, 5.41) is 9.25. The van der Waals surface area contributed by atoms with Gasteiger partial charge in [-0.15, -0.1) is 0 Å². The zero-order valence-corrected chi connectivity index (χ0v) is 8.50. The molecule has 1 aromatic carbocycles. The van der Waals surface area contributed by atoms with E-state index in [0.29, 0.717) is 11.1 Å². The van der Waals surface area contributed by atoms with Crippen LogP contribution < -0.4 is 0 Å². The lowest BCUT2D eigenvalue weighted by atomic mass is 9.90. The number of ketones is 2. The Balaban J connectivity index is 2.73. The highest BCUT2D eigenvalue weighted by Gasteiger charge is 2.25. The quantitative estimate of drug-likeness (QED) is 0.701. The first kappa shape index (κ1) is 9.65. The van der Waals surface area contributed by atoms with Gasteiger partial charge in [0.1, 0.15) is 0 Å². The van der Waals surface area contributed by atoms with E-state index in [-0.39, 0.29) is 5.78 Å². The lowest BCUT2D eigenvalue weighted by Gasteiger charge is -2.13. The van der Waals surface area contributed by atoms with Gasteiger partial charge in [-0.3, -0.25) is 9.59 Å². The van der Waals surface area contributed by atoms with Crippen molar-refractivity contribution in [1.82, 2.24) is 0 Å². The fourth-order valence-corrected chi connectivity index (χ4v) is 1.61. The molecule has 1 N–H and O–H groups in total. The Hall–Kier alpha value is -1.90. The van der Waals surface area contributed by atoms with Crippen molar-refractivity contribution in [3.05, 3.63) is 46.2 Å². The zero-order chi connectivity index (χ0) is 11.2. The maximum Gasteiger partial charge on any atom is 0.228 e. The van der Waals surface area contributed by atoms with Gasteiger partial charge in [-0.25, -0.2) is 0 Å².